The molecule has 12 heteroatoms. The van der Waals surface area contributed by atoms with Crippen molar-refractivity contribution in [3.05, 3.63) is 35.9 Å². The number of primary amides is 1. The van der Waals surface area contributed by atoms with Crippen molar-refractivity contribution in [2.45, 2.75) is 69.1 Å². The van der Waals surface area contributed by atoms with Crippen LogP contribution in [0.2, 0.25) is 0 Å². The van der Waals surface area contributed by atoms with Gasteiger partial charge in [0.25, 0.3) is 0 Å². The number of hydrogen-bond acceptors (Lipinski definition) is 7. The minimum absolute atomic E-state index is 0.268. The van der Waals surface area contributed by atoms with Crippen molar-refractivity contribution < 1.29 is 29.1 Å². The van der Waals surface area contributed by atoms with Gasteiger partial charge in [0.2, 0.25) is 23.6 Å². The number of likely N-dealkylation sites (tertiary alicyclic amines) is 1. The van der Waals surface area contributed by atoms with Crippen LogP contribution in [0.4, 0.5) is 0 Å². The van der Waals surface area contributed by atoms with Gasteiger partial charge in [-0.05, 0) is 50.6 Å². The summed E-state index contributed by atoms with van der Waals surface area (Å²) in [5.74, 6) is -3.92. The number of carbonyl (C=O) groups is 5. The Morgan fingerprint density at radius 1 is 1.06 bits per heavy atom. The maximum Gasteiger partial charge on any atom is 0.326 e. The van der Waals surface area contributed by atoms with E-state index in [1.807, 2.05) is 30.3 Å². The molecule has 1 aromatic carbocycles. The van der Waals surface area contributed by atoms with E-state index >= 15 is 0 Å². The predicted octanol–water partition coefficient (Wildman–Crippen LogP) is -1.39. The summed E-state index contributed by atoms with van der Waals surface area (Å²) in [5.41, 5.74) is 17.6. The number of unbranched alkanes of at least 4 members (excludes halogenated alkanes) is 1. The van der Waals surface area contributed by atoms with Crippen LogP contribution in [0.1, 0.15) is 44.1 Å². The number of carboxylic acids is 1. The number of benzene rings is 1. The first-order chi connectivity index (χ1) is 17.1. The van der Waals surface area contributed by atoms with Crippen LogP contribution in [0.5, 0.6) is 0 Å². The Labute approximate surface area is 209 Å². The molecule has 36 heavy (non-hydrogen) atoms. The van der Waals surface area contributed by atoms with Crippen LogP contribution in [-0.4, -0.2) is 76.9 Å². The Hall–Kier alpha value is -3.51. The highest BCUT2D eigenvalue weighted by Crippen LogP contribution is 2.20. The van der Waals surface area contributed by atoms with Gasteiger partial charge in [-0.3, -0.25) is 19.2 Å². The molecule has 1 aliphatic rings. The lowest BCUT2D eigenvalue weighted by atomic mass is 10.0. The van der Waals surface area contributed by atoms with Crippen LogP contribution in [-0.2, 0) is 30.4 Å². The molecule has 198 valence electrons. The number of rotatable bonds is 14. The first-order valence-corrected chi connectivity index (χ1v) is 12.1. The standard InChI is InChI=1S/C24H36N6O6/c25-11-5-4-9-17(28-21(32)16(26)13-15-7-2-1-3-8-15)23(34)30-12-6-10-19(30)22(33)29-18(24(35)36)14-20(27)31/h1-3,7-8,16-19H,4-6,9-14,25-26H2,(H2,27,31)(H,28,32)(H,29,33)(H,35,36). The smallest absolute Gasteiger partial charge is 0.326 e. The summed E-state index contributed by atoms with van der Waals surface area (Å²) in [7, 11) is 0. The fraction of sp³-hybridized carbons (Fsp3) is 0.542. The maximum absolute atomic E-state index is 13.4. The molecule has 9 N–H and O–H groups in total. The molecule has 1 aromatic rings. The van der Waals surface area contributed by atoms with Gasteiger partial charge in [0.05, 0.1) is 12.5 Å². The third kappa shape index (κ3) is 8.61. The second-order valence-electron chi connectivity index (χ2n) is 8.90. The lowest BCUT2D eigenvalue weighted by Gasteiger charge is -2.30. The van der Waals surface area contributed by atoms with Gasteiger partial charge >= 0.3 is 5.97 Å². The van der Waals surface area contributed by atoms with Crippen molar-refractivity contribution in [1.82, 2.24) is 15.5 Å². The summed E-state index contributed by atoms with van der Waals surface area (Å²) in [6, 6.07) is 5.03. The van der Waals surface area contributed by atoms with E-state index < -0.39 is 60.2 Å². The molecular formula is C24H36N6O6. The minimum atomic E-state index is -1.50. The maximum atomic E-state index is 13.4. The highest BCUT2D eigenvalue weighted by Gasteiger charge is 2.39. The number of hydrogen-bond donors (Lipinski definition) is 6. The van der Waals surface area contributed by atoms with E-state index in [4.69, 9.17) is 17.2 Å². The third-order valence-corrected chi connectivity index (χ3v) is 6.06. The molecule has 4 unspecified atom stereocenters. The van der Waals surface area contributed by atoms with Gasteiger partial charge in [0.15, 0.2) is 0 Å². The molecule has 1 saturated heterocycles. The molecule has 0 radical (unpaired) electrons. The van der Waals surface area contributed by atoms with Gasteiger partial charge in [0, 0.05) is 6.54 Å². The normalized spacial score (nSPS) is 17.6. The molecule has 12 nitrogen and oxygen atoms in total. The molecule has 1 fully saturated rings. The van der Waals surface area contributed by atoms with Crippen LogP contribution in [0, 0.1) is 0 Å². The van der Waals surface area contributed by atoms with Crippen molar-refractivity contribution in [3.63, 3.8) is 0 Å². The van der Waals surface area contributed by atoms with Crippen LogP contribution in [0.25, 0.3) is 0 Å². The highest BCUT2D eigenvalue weighted by molar-refractivity contribution is 5.95. The van der Waals surface area contributed by atoms with E-state index in [1.165, 1.54) is 4.90 Å². The Kier molecular flexibility index (Phi) is 11.3. The van der Waals surface area contributed by atoms with Crippen molar-refractivity contribution in [1.29, 1.82) is 0 Å². The van der Waals surface area contributed by atoms with Gasteiger partial charge in [-0.1, -0.05) is 30.3 Å². The van der Waals surface area contributed by atoms with Crippen LogP contribution in [0.3, 0.4) is 0 Å². The molecule has 4 atom stereocenters. The van der Waals surface area contributed by atoms with E-state index in [1.54, 1.807) is 0 Å². The molecule has 1 aliphatic heterocycles. The number of carbonyl (C=O) groups excluding carboxylic acids is 4. The molecule has 0 aliphatic carbocycles. The molecule has 2 rings (SSSR count). The molecule has 1 heterocycles. The Morgan fingerprint density at radius 3 is 2.36 bits per heavy atom. The summed E-state index contributed by atoms with van der Waals surface area (Å²) in [6.07, 6.45) is 2.09. The molecule has 0 saturated carbocycles. The van der Waals surface area contributed by atoms with Crippen molar-refractivity contribution >= 4 is 29.6 Å². The molecule has 4 amide bonds. The topological polar surface area (TPSA) is 211 Å². The average molecular weight is 505 g/mol. The number of nitrogens with one attached hydrogen (secondary N) is 2. The quantitative estimate of drug-likeness (QED) is 0.166. The summed E-state index contributed by atoms with van der Waals surface area (Å²) < 4.78 is 0. The molecular weight excluding hydrogens is 468 g/mol. The van der Waals surface area contributed by atoms with Crippen LogP contribution in [0.15, 0.2) is 30.3 Å². The minimum Gasteiger partial charge on any atom is -0.480 e. The number of carboxylic acid groups (broad SMARTS) is 1. The van der Waals surface area contributed by atoms with Gasteiger partial charge in [-0.15, -0.1) is 0 Å². The Balaban J connectivity index is 2.10. The molecule has 0 spiro atoms. The largest absolute Gasteiger partial charge is 0.480 e. The average Bonchev–Trinajstić information content (AvgIpc) is 3.33. The zero-order valence-electron chi connectivity index (χ0n) is 20.2. The lowest BCUT2D eigenvalue weighted by Crippen LogP contribution is -2.57. The Morgan fingerprint density at radius 2 is 1.75 bits per heavy atom. The zero-order chi connectivity index (χ0) is 26.7. The summed E-state index contributed by atoms with van der Waals surface area (Å²) >= 11 is 0. The number of amides is 4. The molecule has 0 bridgehead atoms. The fourth-order valence-electron chi connectivity index (χ4n) is 4.16. The molecule has 0 aromatic heterocycles. The monoisotopic (exact) mass is 504 g/mol. The van der Waals surface area contributed by atoms with E-state index in [9.17, 15) is 29.1 Å². The number of aliphatic carboxylic acids is 1. The second kappa shape index (κ2) is 14.1. The number of nitrogens with two attached hydrogens (primary N) is 3. The van der Waals surface area contributed by atoms with E-state index in [0.29, 0.717) is 45.1 Å². The van der Waals surface area contributed by atoms with Crippen molar-refractivity contribution in [3.8, 4) is 0 Å². The fourth-order valence-corrected chi connectivity index (χ4v) is 4.16. The Bertz CT molecular complexity index is 927. The van der Waals surface area contributed by atoms with Gasteiger partial charge < -0.3 is 37.8 Å². The second-order valence-corrected chi connectivity index (χ2v) is 8.90. The SMILES string of the molecule is NCCCCC(NC(=O)C(N)Cc1ccccc1)C(=O)N1CCCC1C(=O)NC(CC(N)=O)C(=O)O. The summed E-state index contributed by atoms with van der Waals surface area (Å²) in [5, 5.41) is 14.3. The van der Waals surface area contributed by atoms with Gasteiger partial charge in [0.1, 0.15) is 18.1 Å². The third-order valence-electron chi connectivity index (χ3n) is 6.06. The highest BCUT2D eigenvalue weighted by atomic mass is 16.4. The van der Waals surface area contributed by atoms with E-state index in [2.05, 4.69) is 10.6 Å². The van der Waals surface area contributed by atoms with Crippen molar-refractivity contribution in [2.24, 2.45) is 17.2 Å². The first-order valence-electron chi connectivity index (χ1n) is 12.1. The van der Waals surface area contributed by atoms with Crippen LogP contribution >= 0.6 is 0 Å². The van der Waals surface area contributed by atoms with Crippen molar-refractivity contribution in [2.75, 3.05) is 13.1 Å². The van der Waals surface area contributed by atoms with E-state index in [0.717, 1.165) is 5.56 Å². The predicted molar refractivity (Wildman–Crippen MR) is 131 cm³/mol. The lowest BCUT2D eigenvalue weighted by molar-refractivity contribution is -0.146. The van der Waals surface area contributed by atoms with Crippen LogP contribution < -0.4 is 27.8 Å². The summed E-state index contributed by atoms with van der Waals surface area (Å²) in [4.78, 5) is 63.0. The van der Waals surface area contributed by atoms with Gasteiger partial charge in [-0.25, -0.2) is 4.79 Å². The first kappa shape index (κ1) is 28.7. The number of nitrogens with zero attached hydrogens (tertiary/aromatic N) is 1. The van der Waals surface area contributed by atoms with E-state index in [-0.39, 0.29) is 6.54 Å². The van der Waals surface area contributed by atoms with Gasteiger partial charge in [-0.2, -0.15) is 0 Å². The summed E-state index contributed by atoms with van der Waals surface area (Å²) in [6.45, 7) is 0.692. The zero-order valence-corrected chi connectivity index (χ0v) is 20.2.